The molecule has 0 amide bonds. The van der Waals surface area contributed by atoms with Crippen LogP contribution in [0, 0.1) is 0 Å². The molecule has 10 heteroatoms. The summed E-state index contributed by atoms with van der Waals surface area (Å²) in [5.41, 5.74) is 4.32. The number of hydrogen-bond donors (Lipinski definition) is 2. The Kier molecular flexibility index (Phi) is 7.82. The number of ether oxygens (including phenoxy) is 1. The standard InChI is InChI=1S/C11H15BF2N3O4.2CH4/c1-2-12-20-5-6-8(18)11(13,14)9(21-6)17-4-3-7(15)16-10(17)19;;/h3-4,6,8-9,18H,2,5H2,1H3,(H2,15,16,19);2*1H4/t6-,8?,9-;;/m1../s1. The topological polar surface area (TPSA) is 99.6 Å². The number of nitrogens with two attached hydrogens (primary N) is 1. The SMILES string of the molecule is C.C.CC[B]OC[C@H]1O[C@@H](n2ccc(N)nc2=O)C(F)(F)C1O. The highest BCUT2D eigenvalue weighted by atomic mass is 19.3. The third kappa shape index (κ3) is 4.27. The van der Waals surface area contributed by atoms with Gasteiger partial charge in [0, 0.05) is 6.20 Å². The van der Waals surface area contributed by atoms with Crippen molar-refractivity contribution in [2.75, 3.05) is 12.3 Å². The molecule has 1 aromatic heterocycles. The number of anilines is 1. The summed E-state index contributed by atoms with van der Waals surface area (Å²) in [6.45, 7) is 1.57. The highest BCUT2D eigenvalue weighted by Gasteiger charge is 2.59. The second kappa shape index (κ2) is 8.37. The zero-order chi connectivity index (χ0) is 15.6. The largest absolute Gasteiger partial charge is 0.438 e. The van der Waals surface area contributed by atoms with E-state index in [1.54, 1.807) is 0 Å². The van der Waals surface area contributed by atoms with Crippen molar-refractivity contribution >= 4 is 13.3 Å². The molecule has 2 rings (SSSR count). The molecule has 3 N–H and O–H groups in total. The van der Waals surface area contributed by atoms with Gasteiger partial charge in [-0.25, -0.2) is 4.79 Å². The van der Waals surface area contributed by atoms with Gasteiger partial charge < -0.3 is 20.2 Å². The first-order valence-corrected chi connectivity index (χ1v) is 6.37. The molecule has 1 aliphatic rings. The zero-order valence-electron chi connectivity index (χ0n) is 11.3. The molecule has 0 aliphatic carbocycles. The summed E-state index contributed by atoms with van der Waals surface area (Å²) >= 11 is 0. The van der Waals surface area contributed by atoms with E-state index in [2.05, 4.69) is 4.98 Å². The van der Waals surface area contributed by atoms with Gasteiger partial charge in [0.2, 0.25) is 6.23 Å². The van der Waals surface area contributed by atoms with Crippen LogP contribution < -0.4 is 11.4 Å². The Bertz CT molecular complexity index is 558. The summed E-state index contributed by atoms with van der Waals surface area (Å²) in [5, 5.41) is 9.66. The van der Waals surface area contributed by atoms with Crippen LogP contribution in [-0.2, 0) is 9.39 Å². The average Bonchev–Trinajstić information content (AvgIpc) is 2.63. The van der Waals surface area contributed by atoms with Crippen molar-refractivity contribution in [2.24, 2.45) is 0 Å². The third-order valence-corrected chi connectivity index (χ3v) is 3.03. The maximum absolute atomic E-state index is 14.1. The van der Waals surface area contributed by atoms with Crippen LogP contribution in [0.5, 0.6) is 0 Å². The Labute approximate surface area is 134 Å². The van der Waals surface area contributed by atoms with Gasteiger partial charge >= 0.3 is 11.6 Å². The maximum atomic E-state index is 14.1. The van der Waals surface area contributed by atoms with Gasteiger partial charge in [-0.1, -0.05) is 28.1 Å². The van der Waals surface area contributed by atoms with E-state index in [-0.39, 0.29) is 27.3 Å². The molecule has 2 heterocycles. The van der Waals surface area contributed by atoms with Gasteiger partial charge in [0.25, 0.3) is 7.48 Å². The second-order valence-electron chi connectivity index (χ2n) is 4.60. The van der Waals surface area contributed by atoms with Gasteiger partial charge in [0.1, 0.15) is 11.9 Å². The molecule has 1 radical (unpaired) electrons. The van der Waals surface area contributed by atoms with Crippen LogP contribution in [0.2, 0.25) is 6.32 Å². The molecule has 23 heavy (non-hydrogen) atoms. The van der Waals surface area contributed by atoms with Crippen molar-refractivity contribution in [1.29, 1.82) is 0 Å². The molecule has 131 valence electrons. The lowest BCUT2D eigenvalue weighted by atomic mass is 9.97. The molecule has 1 fully saturated rings. The molecule has 1 saturated heterocycles. The Morgan fingerprint density at radius 3 is 2.78 bits per heavy atom. The Morgan fingerprint density at radius 2 is 2.22 bits per heavy atom. The van der Waals surface area contributed by atoms with Crippen molar-refractivity contribution in [2.45, 2.75) is 52.5 Å². The predicted octanol–water partition coefficient (Wildman–Crippen LogP) is 1.07. The lowest BCUT2D eigenvalue weighted by Gasteiger charge is -2.20. The van der Waals surface area contributed by atoms with Crippen molar-refractivity contribution in [3.8, 4) is 0 Å². The van der Waals surface area contributed by atoms with Gasteiger partial charge in [-0.2, -0.15) is 13.8 Å². The van der Waals surface area contributed by atoms with E-state index < -0.39 is 30.0 Å². The van der Waals surface area contributed by atoms with Crippen LogP contribution in [0.1, 0.15) is 28.0 Å². The summed E-state index contributed by atoms with van der Waals surface area (Å²) in [6.07, 6.45) is -3.65. The highest BCUT2D eigenvalue weighted by Crippen LogP contribution is 2.42. The van der Waals surface area contributed by atoms with Gasteiger partial charge in [0.05, 0.1) is 6.61 Å². The van der Waals surface area contributed by atoms with Crippen molar-refractivity contribution < 1.29 is 23.3 Å². The number of alkyl halides is 2. The van der Waals surface area contributed by atoms with Crippen LogP contribution in [0.15, 0.2) is 17.1 Å². The number of halogens is 2. The van der Waals surface area contributed by atoms with Crippen LogP contribution in [0.25, 0.3) is 0 Å². The highest BCUT2D eigenvalue weighted by molar-refractivity contribution is 6.26. The lowest BCUT2D eigenvalue weighted by molar-refractivity contribution is -0.140. The lowest BCUT2D eigenvalue weighted by Crippen LogP contribution is -2.42. The molecule has 0 saturated carbocycles. The minimum atomic E-state index is -3.65. The van der Waals surface area contributed by atoms with Crippen LogP contribution in [-0.4, -0.2) is 46.9 Å². The molecule has 1 aromatic rings. The molecule has 1 unspecified atom stereocenters. The van der Waals surface area contributed by atoms with E-state index in [0.717, 1.165) is 6.20 Å². The van der Waals surface area contributed by atoms with E-state index in [1.165, 1.54) is 13.5 Å². The molecule has 7 nitrogen and oxygen atoms in total. The molecule has 0 bridgehead atoms. The van der Waals surface area contributed by atoms with E-state index in [9.17, 15) is 18.7 Å². The van der Waals surface area contributed by atoms with Gasteiger partial charge in [-0.15, -0.1) is 0 Å². The molecular formula is C13H23BF2N3O4. The van der Waals surface area contributed by atoms with Gasteiger partial charge in [-0.3, -0.25) is 4.57 Å². The summed E-state index contributed by atoms with van der Waals surface area (Å²) in [4.78, 5) is 15.0. The fourth-order valence-corrected chi connectivity index (χ4v) is 1.99. The number of aliphatic hydroxyl groups is 1. The van der Waals surface area contributed by atoms with Crippen LogP contribution >= 0.6 is 0 Å². The zero-order valence-corrected chi connectivity index (χ0v) is 11.3. The summed E-state index contributed by atoms with van der Waals surface area (Å²) in [7, 11) is 1.42. The fourth-order valence-electron chi connectivity index (χ4n) is 1.99. The normalized spacial score (nSPS) is 25.3. The van der Waals surface area contributed by atoms with Crippen molar-refractivity contribution in [1.82, 2.24) is 9.55 Å². The van der Waals surface area contributed by atoms with E-state index in [4.69, 9.17) is 15.1 Å². The minimum absolute atomic E-state index is 0. The molecular weight excluding hydrogens is 311 g/mol. The number of aromatic nitrogens is 2. The number of nitrogen functional groups attached to an aromatic ring is 1. The Balaban J connectivity index is 0.00000242. The monoisotopic (exact) mass is 334 g/mol. The van der Waals surface area contributed by atoms with Crippen molar-refractivity contribution in [3.05, 3.63) is 22.7 Å². The van der Waals surface area contributed by atoms with E-state index in [0.29, 0.717) is 10.9 Å². The summed E-state index contributed by atoms with van der Waals surface area (Å²) in [5.74, 6) is -3.74. The maximum Gasteiger partial charge on any atom is 0.351 e. The molecule has 0 aromatic carbocycles. The van der Waals surface area contributed by atoms with Gasteiger partial charge in [0.15, 0.2) is 6.10 Å². The Morgan fingerprint density at radius 1 is 1.57 bits per heavy atom. The number of aliphatic hydroxyl groups excluding tert-OH is 1. The first-order chi connectivity index (χ1) is 9.87. The molecule has 0 spiro atoms. The quantitative estimate of drug-likeness (QED) is 0.617. The van der Waals surface area contributed by atoms with Crippen LogP contribution in [0.3, 0.4) is 0 Å². The van der Waals surface area contributed by atoms with E-state index in [1.807, 2.05) is 6.92 Å². The Hall–Kier alpha value is -1.52. The molecule has 3 atom stereocenters. The average molecular weight is 334 g/mol. The summed E-state index contributed by atoms with van der Waals surface area (Å²) in [6, 6.07) is 1.20. The first kappa shape index (κ1) is 21.5. The fraction of sp³-hybridized carbons (Fsp3) is 0.692. The number of nitrogens with zero attached hydrogens (tertiary/aromatic N) is 2. The molecule has 1 aliphatic heterocycles. The van der Waals surface area contributed by atoms with E-state index >= 15 is 0 Å². The summed E-state index contributed by atoms with van der Waals surface area (Å²) < 4.78 is 38.8. The van der Waals surface area contributed by atoms with Crippen LogP contribution in [0.4, 0.5) is 14.6 Å². The second-order valence-corrected chi connectivity index (χ2v) is 4.60. The minimum Gasteiger partial charge on any atom is -0.438 e. The number of hydrogen-bond acceptors (Lipinski definition) is 6. The van der Waals surface area contributed by atoms with Gasteiger partial charge in [-0.05, 0) is 6.07 Å². The third-order valence-electron chi connectivity index (χ3n) is 3.03. The predicted molar refractivity (Wildman–Crippen MR) is 83.4 cm³/mol. The first-order valence-electron chi connectivity index (χ1n) is 6.37. The van der Waals surface area contributed by atoms with Crippen molar-refractivity contribution in [3.63, 3.8) is 0 Å². The smallest absolute Gasteiger partial charge is 0.351 e. The number of rotatable bonds is 5.